The van der Waals surface area contributed by atoms with Gasteiger partial charge in [0.05, 0.1) is 0 Å². The molecule has 1 saturated heterocycles. The van der Waals surface area contributed by atoms with Crippen LogP contribution in [0.25, 0.3) is 0 Å². The zero-order valence-electron chi connectivity index (χ0n) is 11.8. The summed E-state index contributed by atoms with van der Waals surface area (Å²) in [6.07, 6.45) is 3.00. The van der Waals surface area contributed by atoms with Crippen LogP contribution in [0.4, 0.5) is 10.5 Å². The number of nitrogens with zero attached hydrogens (tertiary/aromatic N) is 1. The van der Waals surface area contributed by atoms with Crippen molar-refractivity contribution in [3.63, 3.8) is 0 Å². The number of carbonyl (C=O) groups excluding carboxylic acids is 1. The second-order valence-corrected chi connectivity index (χ2v) is 4.81. The number of aliphatic hydroxyl groups excluding tert-OH is 1. The van der Waals surface area contributed by atoms with Gasteiger partial charge in [0, 0.05) is 24.3 Å². The Kier molecular flexibility index (Phi) is 5.03. The summed E-state index contributed by atoms with van der Waals surface area (Å²) < 4.78 is 0. The minimum Gasteiger partial charge on any atom is -0.384 e. The third-order valence-corrected chi connectivity index (χ3v) is 3.43. The maximum absolute atomic E-state index is 12.1. The molecular weight excluding hydrogens is 252 g/mol. The second-order valence-electron chi connectivity index (χ2n) is 4.81. The Labute approximate surface area is 119 Å². The molecule has 2 amide bonds. The molecule has 0 aromatic heterocycles. The Morgan fingerprint density at radius 1 is 1.40 bits per heavy atom. The van der Waals surface area contributed by atoms with Crippen LogP contribution < -0.4 is 5.32 Å². The molecule has 2 rings (SSSR count). The summed E-state index contributed by atoms with van der Waals surface area (Å²) in [6, 6.07) is 5.68. The van der Waals surface area contributed by atoms with E-state index in [0.29, 0.717) is 0 Å². The Balaban J connectivity index is 2.12. The van der Waals surface area contributed by atoms with Crippen molar-refractivity contribution in [2.45, 2.75) is 26.2 Å². The van der Waals surface area contributed by atoms with E-state index in [0.717, 1.165) is 49.2 Å². The van der Waals surface area contributed by atoms with Crippen molar-refractivity contribution in [1.29, 1.82) is 0 Å². The highest BCUT2D eigenvalue weighted by Gasteiger charge is 2.18. The van der Waals surface area contributed by atoms with Crippen molar-refractivity contribution in [2.24, 2.45) is 0 Å². The number of hydrogen-bond acceptors (Lipinski definition) is 2. The van der Waals surface area contributed by atoms with Crippen LogP contribution in [0.5, 0.6) is 0 Å². The number of nitrogens with one attached hydrogen (secondary N) is 1. The summed E-state index contributed by atoms with van der Waals surface area (Å²) in [5.41, 5.74) is 2.76. The van der Waals surface area contributed by atoms with Gasteiger partial charge in [0.15, 0.2) is 0 Å². The van der Waals surface area contributed by atoms with Gasteiger partial charge in [0.1, 0.15) is 6.61 Å². The minimum atomic E-state index is -0.144. The van der Waals surface area contributed by atoms with Crippen LogP contribution >= 0.6 is 0 Å². The monoisotopic (exact) mass is 272 g/mol. The molecule has 106 valence electrons. The van der Waals surface area contributed by atoms with Gasteiger partial charge in [-0.1, -0.05) is 18.8 Å². The molecule has 0 spiro atoms. The highest BCUT2D eigenvalue weighted by molar-refractivity contribution is 5.90. The van der Waals surface area contributed by atoms with E-state index >= 15 is 0 Å². The summed E-state index contributed by atoms with van der Waals surface area (Å²) in [6.45, 7) is 3.58. The minimum absolute atomic E-state index is 0.0219. The van der Waals surface area contributed by atoms with Crippen LogP contribution in [0.3, 0.4) is 0 Å². The Bertz CT molecular complexity index is 537. The van der Waals surface area contributed by atoms with Crippen LogP contribution in [0, 0.1) is 11.8 Å². The van der Waals surface area contributed by atoms with Gasteiger partial charge in [-0.15, -0.1) is 0 Å². The fourth-order valence-electron chi connectivity index (χ4n) is 2.34. The lowest BCUT2D eigenvalue weighted by Gasteiger charge is -2.18. The fraction of sp³-hybridized carbons (Fsp3) is 0.438. The molecule has 1 heterocycles. The molecule has 0 bridgehead atoms. The van der Waals surface area contributed by atoms with Gasteiger partial charge < -0.3 is 15.3 Å². The van der Waals surface area contributed by atoms with Gasteiger partial charge in [0.2, 0.25) is 0 Å². The molecule has 1 aromatic carbocycles. The van der Waals surface area contributed by atoms with Crippen LogP contribution in [-0.4, -0.2) is 35.7 Å². The average Bonchev–Trinajstić information content (AvgIpc) is 3.00. The van der Waals surface area contributed by atoms with Crippen LogP contribution in [0.2, 0.25) is 0 Å². The van der Waals surface area contributed by atoms with Crippen molar-refractivity contribution in [2.75, 3.05) is 25.0 Å². The number of urea groups is 1. The zero-order valence-corrected chi connectivity index (χ0v) is 11.8. The SMILES string of the molecule is CCc1cc(C#CCO)ccc1NC(=O)N1CCCC1. The van der Waals surface area contributed by atoms with Crippen LogP contribution in [0.15, 0.2) is 18.2 Å². The Morgan fingerprint density at radius 2 is 2.15 bits per heavy atom. The molecule has 0 unspecified atom stereocenters. The van der Waals surface area contributed by atoms with Gasteiger partial charge in [-0.25, -0.2) is 4.79 Å². The number of anilines is 1. The lowest BCUT2D eigenvalue weighted by atomic mass is 10.1. The predicted molar refractivity (Wildman–Crippen MR) is 79.6 cm³/mol. The molecule has 1 aliphatic rings. The number of aliphatic hydroxyl groups is 1. The van der Waals surface area contributed by atoms with Gasteiger partial charge in [-0.3, -0.25) is 0 Å². The standard InChI is InChI=1S/C16H20N2O2/c1-2-14-12-13(6-5-11-19)7-8-15(14)17-16(20)18-9-3-4-10-18/h7-8,12,19H,2-4,9-11H2,1H3,(H,17,20). The van der Waals surface area contributed by atoms with Crippen molar-refractivity contribution in [3.05, 3.63) is 29.3 Å². The predicted octanol–water partition coefficient (Wildman–Crippen LogP) is 2.22. The van der Waals surface area contributed by atoms with Crippen molar-refractivity contribution in [1.82, 2.24) is 4.90 Å². The molecular formula is C16H20N2O2. The maximum atomic E-state index is 12.1. The number of aryl methyl sites for hydroxylation is 1. The number of hydrogen-bond donors (Lipinski definition) is 2. The van der Waals surface area contributed by atoms with Crippen LogP contribution in [-0.2, 0) is 6.42 Å². The molecule has 4 nitrogen and oxygen atoms in total. The van der Waals surface area contributed by atoms with Gasteiger partial charge in [-0.05, 0) is 43.0 Å². The first-order valence-electron chi connectivity index (χ1n) is 7.03. The lowest BCUT2D eigenvalue weighted by Crippen LogP contribution is -2.32. The van der Waals surface area contributed by atoms with Gasteiger partial charge in [-0.2, -0.15) is 0 Å². The van der Waals surface area contributed by atoms with E-state index in [1.54, 1.807) is 0 Å². The number of likely N-dealkylation sites (tertiary alicyclic amines) is 1. The molecule has 1 fully saturated rings. The molecule has 0 atom stereocenters. The van der Waals surface area contributed by atoms with E-state index in [1.165, 1.54) is 0 Å². The van der Waals surface area contributed by atoms with E-state index < -0.39 is 0 Å². The summed E-state index contributed by atoms with van der Waals surface area (Å²) in [4.78, 5) is 13.9. The number of rotatable bonds is 2. The topological polar surface area (TPSA) is 52.6 Å². The summed E-state index contributed by atoms with van der Waals surface area (Å²) in [5.74, 6) is 5.51. The smallest absolute Gasteiger partial charge is 0.321 e. The normalized spacial score (nSPS) is 13.8. The molecule has 0 aliphatic carbocycles. The average molecular weight is 272 g/mol. The van der Waals surface area contributed by atoms with Crippen molar-refractivity contribution in [3.8, 4) is 11.8 Å². The highest BCUT2D eigenvalue weighted by Crippen LogP contribution is 2.19. The molecule has 0 radical (unpaired) electrons. The number of amides is 2. The molecule has 4 heteroatoms. The number of benzene rings is 1. The van der Waals surface area contributed by atoms with E-state index in [9.17, 15) is 4.79 Å². The summed E-state index contributed by atoms with van der Waals surface area (Å²) in [7, 11) is 0. The van der Waals surface area contributed by atoms with E-state index in [1.807, 2.05) is 30.0 Å². The van der Waals surface area contributed by atoms with E-state index in [4.69, 9.17) is 5.11 Å². The quantitative estimate of drug-likeness (QED) is 0.811. The van der Waals surface area contributed by atoms with Crippen molar-refractivity contribution < 1.29 is 9.90 Å². The van der Waals surface area contributed by atoms with Gasteiger partial charge >= 0.3 is 6.03 Å². The lowest BCUT2D eigenvalue weighted by molar-refractivity contribution is 0.222. The molecule has 1 aliphatic heterocycles. The van der Waals surface area contributed by atoms with Crippen molar-refractivity contribution >= 4 is 11.7 Å². The maximum Gasteiger partial charge on any atom is 0.321 e. The zero-order chi connectivity index (χ0) is 14.4. The fourth-order valence-corrected chi connectivity index (χ4v) is 2.34. The first-order chi connectivity index (χ1) is 9.74. The third kappa shape index (κ3) is 3.52. The Hall–Kier alpha value is -1.99. The van der Waals surface area contributed by atoms with Crippen LogP contribution in [0.1, 0.15) is 30.9 Å². The highest BCUT2D eigenvalue weighted by atomic mass is 16.2. The third-order valence-electron chi connectivity index (χ3n) is 3.43. The molecule has 1 aromatic rings. The largest absolute Gasteiger partial charge is 0.384 e. The summed E-state index contributed by atoms with van der Waals surface area (Å²) >= 11 is 0. The summed E-state index contributed by atoms with van der Waals surface area (Å²) in [5, 5.41) is 11.7. The first kappa shape index (κ1) is 14.4. The number of carbonyl (C=O) groups is 1. The molecule has 2 N–H and O–H groups in total. The molecule has 20 heavy (non-hydrogen) atoms. The van der Waals surface area contributed by atoms with Gasteiger partial charge in [0.25, 0.3) is 0 Å². The Morgan fingerprint density at radius 3 is 2.80 bits per heavy atom. The molecule has 0 saturated carbocycles. The van der Waals surface area contributed by atoms with E-state index in [-0.39, 0.29) is 12.6 Å². The van der Waals surface area contributed by atoms with E-state index in [2.05, 4.69) is 17.2 Å². The first-order valence-corrected chi connectivity index (χ1v) is 7.03. The second kappa shape index (κ2) is 6.97.